The lowest BCUT2D eigenvalue weighted by atomic mass is 9.70. The van der Waals surface area contributed by atoms with Crippen LogP contribution in [0.3, 0.4) is 0 Å². The second-order valence-corrected chi connectivity index (χ2v) is 12.1. The van der Waals surface area contributed by atoms with E-state index in [2.05, 4.69) is 39.7 Å². The minimum absolute atomic E-state index is 0.00981. The van der Waals surface area contributed by atoms with Crippen LogP contribution in [0.5, 0.6) is 0 Å². The van der Waals surface area contributed by atoms with E-state index in [4.69, 9.17) is 17.3 Å². The summed E-state index contributed by atoms with van der Waals surface area (Å²) in [7, 11) is 2.12. The van der Waals surface area contributed by atoms with Crippen molar-refractivity contribution in [3.05, 3.63) is 12.2 Å². The number of nitrogens with zero attached hydrogens (tertiary/aromatic N) is 2. The van der Waals surface area contributed by atoms with Crippen molar-refractivity contribution in [1.82, 2.24) is 25.8 Å². The first-order valence-electron chi connectivity index (χ1n) is 13.7. The molecule has 3 aliphatic rings. The molecule has 0 radical (unpaired) electrons. The van der Waals surface area contributed by atoms with Gasteiger partial charge in [0.25, 0.3) is 0 Å². The smallest absolute Gasteiger partial charge is 0.324 e. The normalized spacial score (nSPS) is 39.6. The van der Waals surface area contributed by atoms with Crippen LogP contribution in [-0.4, -0.2) is 104 Å². The average Bonchev–Trinajstić information content (AvgIpc) is 2.81. The minimum atomic E-state index is -4.38. The number of piperazine rings is 1. The number of rotatable bonds is 9. The van der Waals surface area contributed by atoms with Crippen molar-refractivity contribution in [2.75, 3.05) is 59.4 Å². The van der Waals surface area contributed by atoms with Crippen LogP contribution >= 0.6 is 11.6 Å². The van der Waals surface area contributed by atoms with Gasteiger partial charge in [0.05, 0.1) is 5.38 Å². The van der Waals surface area contributed by atoms with E-state index in [9.17, 15) is 13.2 Å². The molecule has 1 aliphatic carbocycles. The molecule has 7 atom stereocenters. The third-order valence-corrected chi connectivity index (χ3v) is 9.76. The van der Waals surface area contributed by atoms with Crippen molar-refractivity contribution in [2.24, 2.45) is 17.6 Å². The highest BCUT2D eigenvalue weighted by Crippen LogP contribution is 2.40. The van der Waals surface area contributed by atoms with Crippen LogP contribution in [0, 0.1) is 11.8 Å². The van der Waals surface area contributed by atoms with Gasteiger partial charge in [-0.1, -0.05) is 19.1 Å². The maximum Gasteiger partial charge on any atom is 0.408 e. The van der Waals surface area contributed by atoms with E-state index in [1.807, 2.05) is 26.0 Å². The lowest BCUT2D eigenvalue weighted by Crippen LogP contribution is -2.75. The molecule has 0 bridgehead atoms. The molecule has 2 saturated heterocycles. The Balaban J connectivity index is 1.60. The van der Waals surface area contributed by atoms with Gasteiger partial charge in [0, 0.05) is 50.3 Å². The zero-order valence-electron chi connectivity index (χ0n) is 22.5. The Kier molecular flexibility index (Phi) is 10.6. The Morgan fingerprint density at radius 1 is 1.17 bits per heavy atom. The van der Waals surface area contributed by atoms with Gasteiger partial charge < -0.3 is 26.2 Å². The topological polar surface area (TPSA) is 68.6 Å². The second kappa shape index (κ2) is 12.6. The Hall–Kier alpha value is -0.420. The fourth-order valence-electron chi connectivity index (χ4n) is 6.29. The molecule has 10 heteroatoms. The Bertz CT molecular complexity index is 712. The van der Waals surface area contributed by atoms with Crippen molar-refractivity contribution < 1.29 is 13.2 Å². The second-order valence-electron chi connectivity index (χ2n) is 11.6. The number of hydrogen-bond donors (Lipinski definition) is 4. The number of hydrogen-bond acceptors (Lipinski definition) is 6. The lowest BCUT2D eigenvalue weighted by molar-refractivity contribution is -0.214. The molecular formula is C26H48ClF3N6. The van der Waals surface area contributed by atoms with Crippen LogP contribution in [0.1, 0.15) is 46.5 Å². The summed E-state index contributed by atoms with van der Waals surface area (Å²) in [5, 5.41) is 9.32. The first-order valence-corrected chi connectivity index (χ1v) is 14.1. The molecule has 6 nitrogen and oxygen atoms in total. The van der Waals surface area contributed by atoms with Crippen LogP contribution in [0.25, 0.3) is 0 Å². The number of piperidine rings is 1. The van der Waals surface area contributed by atoms with Gasteiger partial charge in [0.1, 0.15) is 5.54 Å². The van der Waals surface area contributed by atoms with Crippen LogP contribution < -0.4 is 21.7 Å². The van der Waals surface area contributed by atoms with Gasteiger partial charge >= 0.3 is 6.18 Å². The zero-order valence-corrected chi connectivity index (χ0v) is 23.3. The molecule has 0 amide bonds. The van der Waals surface area contributed by atoms with Crippen molar-refractivity contribution in [2.45, 2.75) is 81.2 Å². The summed E-state index contributed by atoms with van der Waals surface area (Å²) in [6.45, 7) is 12.0. The molecule has 1 saturated carbocycles. The predicted molar refractivity (Wildman–Crippen MR) is 142 cm³/mol. The number of nitrogens with one attached hydrogen (secondary N) is 3. The Morgan fingerprint density at radius 3 is 2.53 bits per heavy atom. The minimum Gasteiger partial charge on any atom is -0.324 e. The van der Waals surface area contributed by atoms with E-state index in [1.165, 1.54) is 0 Å². The predicted octanol–water partition coefficient (Wildman–Crippen LogP) is 2.78. The summed E-state index contributed by atoms with van der Waals surface area (Å²) in [6.07, 6.45) is 2.10. The molecule has 3 fully saturated rings. The molecular weight excluding hydrogens is 489 g/mol. The van der Waals surface area contributed by atoms with Crippen molar-refractivity contribution in [3.8, 4) is 0 Å². The summed E-state index contributed by atoms with van der Waals surface area (Å²) < 4.78 is 44.0. The molecule has 0 aromatic rings. The van der Waals surface area contributed by atoms with Gasteiger partial charge in [-0.2, -0.15) is 13.2 Å². The molecule has 36 heavy (non-hydrogen) atoms. The van der Waals surface area contributed by atoms with Crippen molar-refractivity contribution >= 4 is 11.6 Å². The monoisotopic (exact) mass is 536 g/mol. The third-order valence-electron chi connectivity index (χ3n) is 8.86. The number of nitrogens with two attached hydrogens (primary N) is 1. The highest BCUT2D eigenvalue weighted by atomic mass is 35.5. The first-order chi connectivity index (χ1) is 16.9. The van der Waals surface area contributed by atoms with E-state index in [0.29, 0.717) is 19.0 Å². The van der Waals surface area contributed by atoms with E-state index < -0.39 is 23.3 Å². The largest absolute Gasteiger partial charge is 0.408 e. The Morgan fingerprint density at radius 2 is 1.86 bits per heavy atom. The van der Waals surface area contributed by atoms with E-state index in [0.717, 1.165) is 52.0 Å². The molecule has 0 aromatic carbocycles. The molecule has 2 aliphatic heterocycles. The van der Waals surface area contributed by atoms with Crippen molar-refractivity contribution in [1.29, 1.82) is 0 Å². The number of alkyl halides is 4. The quantitative estimate of drug-likeness (QED) is 0.206. The summed E-state index contributed by atoms with van der Waals surface area (Å²) in [5.41, 5.74) is 3.97. The summed E-state index contributed by atoms with van der Waals surface area (Å²) in [5.74, 6) is 0.382. The summed E-state index contributed by atoms with van der Waals surface area (Å²) in [6, 6.07) is -1.06. The van der Waals surface area contributed by atoms with E-state index >= 15 is 0 Å². The number of likely N-dealkylation sites (N-methyl/N-ethyl adjacent to an activating group) is 1. The summed E-state index contributed by atoms with van der Waals surface area (Å²) in [4.78, 5) is 4.70. The molecule has 2 heterocycles. The van der Waals surface area contributed by atoms with Gasteiger partial charge in [-0.3, -0.25) is 5.32 Å². The van der Waals surface area contributed by atoms with Gasteiger partial charge in [0.2, 0.25) is 0 Å². The molecule has 0 spiro atoms. The average molecular weight is 537 g/mol. The highest BCUT2D eigenvalue weighted by Gasteiger charge is 2.61. The Labute approximate surface area is 220 Å². The van der Waals surface area contributed by atoms with Gasteiger partial charge in [0.15, 0.2) is 0 Å². The SMILES string of the molecule is CC1CCC(/C=C\CNC2(C(F)(F)F)CCNC(C)C2NCCCN2CCN(C)CC2)C(C)(N)C1Cl. The van der Waals surface area contributed by atoms with E-state index in [-0.39, 0.29) is 30.3 Å². The van der Waals surface area contributed by atoms with Gasteiger partial charge in [-0.05, 0) is 78.0 Å². The summed E-state index contributed by atoms with van der Waals surface area (Å²) >= 11 is 6.58. The third kappa shape index (κ3) is 6.96. The zero-order chi connectivity index (χ0) is 26.6. The maximum absolute atomic E-state index is 14.7. The van der Waals surface area contributed by atoms with Gasteiger partial charge in [-0.25, -0.2) is 0 Å². The lowest BCUT2D eigenvalue weighted by Gasteiger charge is -2.49. The molecule has 5 N–H and O–H groups in total. The van der Waals surface area contributed by atoms with Gasteiger partial charge in [-0.15, -0.1) is 11.6 Å². The molecule has 7 unspecified atom stereocenters. The standard InChI is InChI=1S/C26H48ClF3N6/c1-19-8-9-21(24(3,31)22(19)27)7-5-12-34-25(26(28,29)30)10-13-32-20(2)23(25)33-11-6-14-36-17-15-35(4)16-18-36/h5,7,19-23,32-34H,6,8-18,31H2,1-4H3/b7-5-. The van der Waals surface area contributed by atoms with Crippen LogP contribution in [0.4, 0.5) is 13.2 Å². The highest BCUT2D eigenvalue weighted by molar-refractivity contribution is 6.21. The first kappa shape index (κ1) is 30.1. The molecule has 3 rings (SSSR count). The maximum atomic E-state index is 14.7. The van der Waals surface area contributed by atoms with Crippen LogP contribution in [0.2, 0.25) is 0 Å². The fourth-order valence-corrected chi connectivity index (χ4v) is 6.58. The van der Waals surface area contributed by atoms with Crippen LogP contribution in [-0.2, 0) is 0 Å². The van der Waals surface area contributed by atoms with E-state index in [1.54, 1.807) is 0 Å². The van der Waals surface area contributed by atoms with Crippen LogP contribution in [0.15, 0.2) is 12.2 Å². The fraction of sp³-hybridized carbons (Fsp3) is 0.923. The van der Waals surface area contributed by atoms with Crippen molar-refractivity contribution in [3.63, 3.8) is 0 Å². The number of halogens is 4. The molecule has 0 aromatic heterocycles. The molecule has 210 valence electrons.